The lowest BCUT2D eigenvalue weighted by Crippen LogP contribution is -2.37. The van der Waals surface area contributed by atoms with Gasteiger partial charge in [0.1, 0.15) is 0 Å². The summed E-state index contributed by atoms with van der Waals surface area (Å²) in [5.74, 6) is -6.00. The fraction of sp³-hybridized carbons (Fsp3) is 0.300. The van der Waals surface area contributed by atoms with Crippen LogP contribution < -0.4 is 4.74 Å². The molecular formula is C10H8F4O3. The lowest BCUT2D eigenvalue weighted by atomic mass is 10.3. The van der Waals surface area contributed by atoms with Crippen LogP contribution in [0.1, 0.15) is 6.92 Å². The van der Waals surface area contributed by atoms with Gasteiger partial charge in [-0.05, 0) is 19.1 Å². The van der Waals surface area contributed by atoms with Gasteiger partial charge in [-0.15, -0.1) is 0 Å². The molecule has 0 spiro atoms. The molecule has 0 amide bonds. The summed E-state index contributed by atoms with van der Waals surface area (Å²) in [6, 6.07) is 2.46. The van der Waals surface area contributed by atoms with Crippen molar-refractivity contribution in [3.05, 3.63) is 29.8 Å². The van der Waals surface area contributed by atoms with E-state index in [0.29, 0.717) is 0 Å². The summed E-state index contributed by atoms with van der Waals surface area (Å²) in [7, 11) is 0. The Morgan fingerprint density at radius 1 is 1.35 bits per heavy atom. The zero-order valence-electron chi connectivity index (χ0n) is 8.68. The van der Waals surface area contributed by atoms with Crippen LogP contribution in [0.3, 0.4) is 0 Å². The smallest absolute Gasteiger partial charge is 0.459 e. The minimum atomic E-state index is -4.37. The maximum Gasteiger partial charge on any atom is 0.502 e. The molecule has 0 N–H and O–H groups in total. The second-order valence-electron chi connectivity index (χ2n) is 2.89. The Morgan fingerprint density at radius 2 is 2.00 bits per heavy atom. The molecule has 1 aromatic rings. The summed E-state index contributed by atoms with van der Waals surface area (Å²) in [5.41, 5.74) is 0. The zero-order chi connectivity index (χ0) is 13.1. The highest BCUT2D eigenvalue weighted by Gasteiger charge is 2.45. The van der Waals surface area contributed by atoms with Crippen molar-refractivity contribution in [2.75, 3.05) is 6.61 Å². The molecule has 0 heterocycles. The number of alkyl halides is 2. The largest absolute Gasteiger partial charge is 0.502 e. The van der Waals surface area contributed by atoms with Crippen molar-refractivity contribution in [3.8, 4) is 5.75 Å². The Morgan fingerprint density at radius 3 is 2.59 bits per heavy atom. The summed E-state index contributed by atoms with van der Waals surface area (Å²) >= 11 is 0. The van der Waals surface area contributed by atoms with Crippen LogP contribution in [-0.4, -0.2) is 18.7 Å². The van der Waals surface area contributed by atoms with E-state index in [1.165, 1.54) is 6.92 Å². The lowest BCUT2D eigenvalue weighted by Gasteiger charge is -2.16. The first-order valence-electron chi connectivity index (χ1n) is 4.56. The van der Waals surface area contributed by atoms with E-state index >= 15 is 0 Å². The summed E-state index contributed by atoms with van der Waals surface area (Å²) in [4.78, 5) is 10.8. The van der Waals surface area contributed by atoms with E-state index in [0.717, 1.165) is 18.2 Å². The molecule has 0 aliphatic heterocycles. The molecule has 0 saturated carbocycles. The van der Waals surface area contributed by atoms with Crippen molar-refractivity contribution < 1.29 is 31.8 Å². The molecular weight excluding hydrogens is 244 g/mol. The second-order valence-corrected chi connectivity index (χ2v) is 2.89. The van der Waals surface area contributed by atoms with Gasteiger partial charge in [0.15, 0.2) is 11.6 Å². The standard InChI is InChI=1S/C10H8F4O3/c1-2-16-9(15)10(13,14)17-7-5-3-4-6(11)8(7)12/h3-5H,2H2,1H3. The number of halogens is 4. The summed E-state index contributed by atoms with van der Waals surface area (Å²) < 4.78 is 59.5. The van der Waals surface area contributed by atoms with Crippen LogP contribution >= 0.6 is 0 Å². The molecule has 17 heavy (non-hydrogen) atoms. The maximum atomic E-state index is 13.0. The van der Waals surface area contributed by atoms with Crippen molar-refractivity contribution in [2.45, 2.75) is 13.0 Å². The first kappa shape index (κ1) is 13.3. The molecule has 1 rings (SSSR count). The van der Waals surface area contributed by atoms with Crippen LogP contribution in [-0.2, 0) is 9.53 Å². The number of esters is 1. The predicted molar refractivity (Wildman–Crippen MR) is 48.6 cm³/mol. The van der Waals surface area contributed by atoms with Crippen LogP contribution in [0.2, 0.25) is 0 Å². The molecule has 0 aliphatic rings. The third-order valence-corrected chi connectivity index (χ3v) is 1.67. The van der Waals surface area contributed by atoms with Crippen LogP contribution in [0.4, 0.5) is 17.6 Å². The van der Waals surface area contributed by atoms with E-state index in [-0.39, 0.29) is 6.61 Å². The summed E-state index contributed by atoms with van der Waals surface area (Å²) in [6.45, 7) is 1.03. The third kappa shape index (κ3) is 3.08. The average Bonchev–Trinajstić information content (AvgIpc) is 2.25. The van der Waals surface area contributed by atoms with Crippen molar-refractivity contribution in [1.82, 2.24) is 0 Å². The fourth-order valence-corrected chi connectivity index (χ4v) is 0.958. The van der Waals surface area contributed by atoms with Crippen molar-refractivity contribution >= 4 is 5.97 Å². The van der Waals surface area contributed by atoms with Gasteiger partial charge in [-0.1, -0.05) is 6.07 Å². The predicted octanol–water partition coefficient (Wildman–Crippen LogP) is 2.50. The van der Waals surface area contributed by atoms with Crippen LogP contribution in [0.5, 0.6) is 5.75 Å². The minimum Gasteiger partial charge on any atom is -0.459 e. The molecule has 0 radical (unpaired) electrons. The van der Waals surface area contributed by atoms with E-state index in [1.54, 1.807) is 0 Å². The molecule has 7 heteroatoms. The van der Waals surface area contributed by atoms with Crippen molar-refractivity contribution in [3.63, 3.8) is 0 Å². The Labute approximate surface area is 93.9 Å². The van der Waals surface area contributed by atoms with Crippen molar-refractivity contribution in [2.24, 2.45) is 0 Å². The Balaban J connectivity index is 2.90. The molecule has 0 bridgehead atoms. The number of hydrogen-bond acceptors (Lipinski definition) is 3. The average molecular weight is 252 g/mol. The van der Waals surface area contributed by atoms with Crippen LogP contribution in [0.25, 0.3) is 0 Å². The second kappa shape index (κ2) is 5.03. The van der Waals surface area contributed by atoms with Crippen LogP contribution in [0, 0.1) is 11.6 Å². The third-order valence-electron chi connectivity index (χ3n) is 1.67. The number of benzene rings is 1. The van der Waals surface area contributed by atoms with Gasteiger partial charge in [0.25, 0.3) is 0 Å². The van der Waals surface area contributed by atoms with E-state index in [2.05, 4.69) is 9.47 Å². The number of ether oxygens (including phenoxy) is 2. The molecule has 0 aliphatic carbocycles. The first-order valence-corrected chi connectivity index (χ1v) is 4.56. The summed E-state index contributed by atoms with van der Waals surface area (Å²) in [6.07, 6.45) is -4.37. The highest BCUT2D eigenvalue weighted by molar-refractivity contribution is 5.76. The van der Waals surface area contributed by atoms with E-state index in [9.17, 15) is 22.4 Å². The molecule has 94 valence electrons. The van der Waals surface area contributed by atoms with Gasteiger partial charge in [-0.3, -0.25) is 0 Å². The Hall–Kier alpha value is -1.79. The molecule has 0 atom stereocenters. The zero-order valence-corrected chi connectivity index (χ0v) is 8.68. The van der Waals surface area contributed by atoms with Gasteiger partial charge in [-0.2, -0.15) is 13.2 Å². The summed E-state index contributed by atoms with van der Waals surface area (Å²) in [5, 5.41) is 0. The first-order chi connectivity index (χ1) is 7.88. The number of rotatable bonds is 4. The van der Waals surface area contributed by atoms with E-state index in [4.69, 9.17) is 0 Å². The fourth-order valence-electron chi connectivity index (χ4n) is 0.958. The van der Waals surface area contributed by atoms with Gasteiger partial charge in [-0.25, -0.2) is 9.18 Å². The molecule has 0 aromatic heterocycles. The van der Waals surface area contributed by atoms with E-state index in [1.807, 2.05) is 0 Å². The normalized spacial score (nSPS) is 11.1. The monoisotopic (exact) mass is 252 g/mol. The van der Waals surface area contributed by atoms with Gasteiger partial charge in [0.05, 0.1) is 6.61 Å². The highest BCUT2D eigenvalue weighted by Crippen LogP contribution is 2.26. The molecule has 1 aromatic carbocycles. The number of carbonyl (C=O) groups excluding carboxylic acids is 1. The van der Waals surface area contributed by atoms with E-state index < -0.39 is 29.5 Å². The molecule has 0 saturated heterocycles. The minimum absolute atomic E-state index is 0.288. The number of hydrogen-bond donors (Lipinski definition) is 0. The highest BCUT2D eigenvalue weighted by atomic mass is 19.3. The number of carbonyl (C=O) groups is 1. The lowest BCUT2D eigenvalue weighted by molar-refractivity contribution is -0.217. The molecule has 0 fully saturated rings. The van der Waals surface area contributed by atoms with Gasteiger partial charge in [0, 0.05) is 0 Å². The Bertz CT molecular complexity index is 420. The molecule has 0 unspecified atom stereocenters. The van der Waals surface area contributed by atoms with Gasteiger partial charge < -0.3 is 9.47 Å². The SMILES string of the molecule is CCOC(=O)C(F)(F)Oc1cccc(F)c1F. The van der Waals surface area contributed by atoms with Gasteiger partial charge >= 0.3 is 12.1 Å². The van der Waals surface area contributed by atoms with Crippen LogP contribution in [0.15, 0.2) is 18.2 Å². The van der Waals surface area contributed by atoms with Crippen molar-refractivity contribution in [1.29, 1.82) is 0 Å². The maximum absolute atomic E-state index is 13.0. The topological polar surface area (TPSA) is 35.5 Å². The molecule has 3 nitrogen and oxygen atoms in total. The Kier molecular flexibility index (Phi) is 3.93. The van der Waals surface area contributed by atoms with Gasteiger partial charge in [0.2, 0.25) is 5.82 Å². The quantitative estimate of drug-likeness (QED) is 0.610.